The van der Waals surface area contributed by atoms with Crippen molar-refractivity contribution in [1.82, 2.24) is 15.0 Å². The van der Waals surface area contributed by atoms with Crippen molar-refractivity contribution in [3.63, 3.8) is 0 Å². The molecule has 0 aromatic carbocycles. The Kier molecular flexibility index (Phi) is 5.17. The van der Waals surface area contributed by atoms with Gasteiger partial charge in [-0.2, -0.15) is 0 Å². The SMILES string of the molecule is CCc1nc(SCc2c(C)ccnc2C)[nH]c(=O)c1CC. The van der Waals surface area contributed by atoms with Gasteiger partial charge in [0.15, 0.2) is 5.16 Å². The van der Waals surface area contributed by atoms with Gasteiger partial charge < -0.3 is 4.98 Å². The quantitative estimate of drug-likeness (QED) is 0.680. The molecule has 0 amide bonds. The molecule has 2 aromatic rings. The minimum atomic E-state index is -0.00789. The maximum Gasteiger partial charge on any atom is 0.254 e. The number of H-pyrrole nitrogens is 1. The summed E-state index contributed by atoms with van der Waals surface area (Å²) in [6.07, 6.45) is 3.33. The highest BCUT2D eigenvalue weighted by atomic mass is 32.2. The summed E-state index contributed by atoms with van der Waals surface area (Å²) in [4.78, 5) is 23.9. The van der Waals surface area contributed by atoms with Gasteiger partial charge in [-0.25, -0.2) is 4.98 Å². The summed E-state index contributed by atoms with van der Waals surface area (Å²) in [5.74, 6) is 0.767. The predicted molar refractivity (Wildman–Crippen MR) is 86.9 cm³/mol. The van der Waals surface area contributed by atoms with Crippen LogP contribution in [0.5, 0.6) is 0 Å². The van der Waals surface area contributed by atoms with Crippen molar-refractivity contribution in [3.8, 4) is 0 Å². The van der Waals surface area contributed by atoms with Crippen molar-refractivity contribution in [2.45, 2.75) is 51.4 Å². The summed E-state index contributed by atoms with van der Waals surface area (Å²) in [6, 6.07) is 2.01. The maximum absolute atomic E-state index is 12.1. The van der Waals surface area contributed by atoms with Gasteiger partial charge in [0, 0.05) is 23.2 Å². The van der Waals surface area contributed by atoms with Crippen molar-refractivity contribution < 1.29 is 0 Å². The molecule has 1 N–H and O–H groups in total. The van der Waals surface area contributed by atoms with E-state index in [1.54, 1.807) is 11.8 Å². The van der Waals surface area contributed by atoms with E-state index in [0.717, 1.165) is 35.5 Å². The minimum Gasteiger partial charge on any atom is -0.301 e. The number of hydrogen-bond donors (Lipinski definition) is 1. The van der Waals surface area contributed by atoms with Crippen molar-refractivity contribution in [3.05, 3.63) is 50.7 Å². The summed E-state index contributed by atoms with van der Waals surface area (Å²) >= 11 is 1.56. The molecule has 2 rings (SSSR count). The molecular weight excluding hydrogens is 282 g/mol. The van der Waals surface area contributed by atoms with Crippen LogP contribution in [0.25, 0.3) is 0 Å². The van der Waals surface area contributed by atoms with Crippen LogP contribution in [-0.2, 0) is 18.6 Å². The fourth-order valence-corrected chi connectivity index (χ4v) is 3.39. The van der Waals surface area contributed by atoms with Gasteiger partial charge in [-0.1, -0.05) is 25.6 Å². The lowest BCUT2D eigenvalue weighted by Gasteiger charge is -2.10. The lowest BCUT2D eigenvalue weighted by molar-refractivity contribution is 0.825. The van der Waals surface area contributed by atoms with Crippen molar-refractivity contribution in [2.24, 2.45) is 0 Å². The number of pyridine rings is 1. The number of aromatic amines is 1. The zero-order chi connectivity index (χ0) is 15.4. The number of rotatable bonds is 5. The molecule has 112 valence electrons. The molecule has 2 aromatic heterocycles. The Hall–Kier alpha value is -1.62. The minimum absolute atomic E-state index is 0.00789. The lowest BCUT2D eigenvalue weighted by atomic mass is 10.1. The van der Waals surface area contributed by atoms with Crippen LogP contribution in [0.3, 0.4) is 0 Å². The van der Waals surface area contributed by atoms with Gasteiger partial charge >= 0.3 is 0 Å². The van der Waals surface area contributed by atoms with Gasteiger partial charge in [-0.15, -0.1) is 0 Å². The molecule has 0 bridgehead atoms. The normalized spacial score (nSPS) is 10.9. The van der Waals surface area contributed by atoms with Crippen LogP contribution in [0.15, 0.2) is 22.2 Å². The average molecular weight is 303 g/mol. The summed E-state index contributed by atoms with van der Waals surface area (Å²) in [5, 5.41) is 0.691. The topological polar surface area (TPSA) is 58.6 Å². The second kappa shape index (κ2) is 6.89. The van der Waals surface area contributed by atoms with Gasteiger partial charge in [-0.3, -0.25) is 9.78 Å². The van der Waals surface area contributed by atoms with Crippen LogP contribution in [0.4, 0.5) is 0 Å². The van der Waals surface area contributed by atoms with E-state index in [-0.39, 0.29) is 5.56 Å². The largest absolute Gasteiger partial charge is 0.301 e. The lowest BCUT2D eigenvalue weighted by Crippen LogP contribution is -2.17. The van der Waals surface area contributed by atoms with Crippen LogP contribution >= 0.6 is 11.8 Å². The van der Waals surface area contributed by atoms with E-state index in [9.17, 15) is 4.79 Å². The maximum atomic E-state index is 12.1. The third-order valence-corrected chi connectivity index (χ3v) is 4.53. The molecule has 5 heteroatoms. The van der Waals surface area contributed by atoms with Crippen LogP contribution in [-0.4, -0.2) is 15.0 Å². The van der Waals surface area contributed by atoms with E-state index in [1.165, 1.54) is 11.1 Å². The number of thioether (sulfide) groups is 1. The number of nitrogens with one attached hydrogen (secondary N) is 1. The van der Waals surface area contributed by atoms with Crippen molar-refractivity contribution >= 4 is 11.8 Å². The highest BCUT2D eigenvalue weighted by molar-refractivity contribution is 7.98. The molecule has 0 fully saturated rings. The fraction of sp³-hybridized carbons (Fsp3) is 0.438. The Morgan fingerprint density at radius 1 is 1.19 bits per heavy atom. The summed E-state index contributed by atoms with van der Waals surface area (Å²) in [7, 11) is 0. The number of aryl methyl sites for hydroxylation is 3. The highest BCUT2D eigenvalue weighted by Gasteiger charge is 2.10. The molecule has 0 radical (unpaired) electrons. The van der Waals surface area contributed by atoms with Crippen LogP contribution in [0, 0.1) is 13.8 Å². The van der Waals surface area contributed by atoms with E-state index < -0.39 is 0 Å². The number of nitrogens with zero attached hydrogens (tertiary/aromatic N) is 2. The van der Waals surface area contributed by atoms with E-state index in [0.29, 0.717) is 5.16 Å². The van der Waals surface area contributed by atoms with E-state index in [2.05, 4.69) is 21.9 Å². The first-order valence-corrected chi connectivity index (χ1v) is 8.21. The van der Waals surface area contributed by atoms with Crippen LogP contribution in [0.1, 0.15) is 41.9 Å². The second-order valence-corrected chi connectivity index (χ2v) is 5.95. The van der Waals surface area contributed by atoms with Crippen molar-refractivity contribution in [1.29, 1.82) is 0 Å². The Labute approximate surface area is 129 Å². The third kappa shape index (κ3) is 3.53. The zero-order valence-electron chi connectivity index (χ0n) is 13.0. The van der Waals surface area contributed by atoms with E-state index >= 15 is 0 Å². The first-order chi connectivity index (χ1) is 10.1. The van der Waals surface area contributed by atoms with Crippen LogP contribution < -0.4 is 5.56 Å². The molecule has 0 saturated heterocycles. The zero-order valence-corrected chi connectivity index (χ0v) is 13.8. The standard InChI is InChI=1S/C16H21N3OS/c1-5-12-14(6-2)18-16(19-15(12)20)21-9-13-10(3)7-8-17-11(13)4/h7-8H,5-6,9H2,1-4H3,(H,18,19,20). The summed E-state index contributed by atoms with van der Waals surface area (Å²) in [6.45, 7) is 8.11. The molecule has 0 aliphatic rings. The van der Waals surface area contributed by atoms with Gasteiger partial charge in [-0.05, 0) is 43.9 Å². The van der Waals surface area contributed by atoms with Gasteiger partial charge in [0.05, 0.1) is 5.69 Å². The smallest absolute Gasteiger partial charge is 0.254 e. The number of aromatic nitrogens is 3. The second-order valence-electron chi connectivity index (χ2n) is 4.98. The Morgan fingerprint density at radius 2 is 1.95 bits per heavy atom. The van der Waals surface area contributed by atoms with E-state index in [1.807, 2.05) is 33.0 Å². The van der Waals surface area contributed by atoms with Gasteiger partial charge in [0.25, 0.3) is 5.56 Å². The van der Waals surface area contributed by atoms with Gasteiger partial charge in [0.1, 0.15) is 0 Å². The molecule has 0 spiro atoms. The third-order valence-electron chi connectivity index (χ3n) is 3.63. The van der Waals surface area contributed by atoms with Gasteiger partial charge in [0.2, 0.25) is 0 Å². The first-order valence-electron chi connectivity index (χ1n) is 7.22. The fourth-order valence-electron chi connectivity index (χ4n) is 2.33. The van der Waals surface area contributed by atoms with E-state index in [4.69, 9.17) is 0 Å². The molecule has 0 aliphatic heterocycles. The Bertz CT molecular complexity index is 674. The van der Waals surface area contributed by atoms with Crippen molar-refractivity contribution in [2.75, 3.05) is 0 Å². The molecule has 0 saturated carbocycles. The molecule has 4 nitrogen and oxygen atoms in total. The Balaban J connectivity index is 2.25. The average Bonchev–Trinajstić information content (AvgIpc) is 2.46. The highest BCUT2D eigenvalue weighted by Crippen LogP contribution is 2.23. The number of hydrogen-bond acceptors (Lipinski definition) is 4. The summed E-state index contributed by atoms with van der Waals surface area (Å²) < 4.78 is 0. The monoisotopic (exact) mass is 303 g/mol. The molecular formula is C16H21N3OS. The molecule has 21 heavy (non-hydrogen) atoms. The summed E-state index contributed by atoms with van der Waals surface area (Å²) in [5.41, 5.74) is 5.16. The predicted octanol–water partition coefficient (Wildman–Crippen LogP) is 3.20. The molecule has 0 atom stereocenters. The molecule has 0 unspecified atom stereocenters. The molecule has 0 aliphatic carbocycles. The Morgan fingerprint density at radius 3 is 2.57 bits per heavy atom. The first kappa shape index (κ1) is 15.8. The molecule has 2 heterocycles. The van der Waals surface area contributed by atoms with Crippen LogP contribution in [0.2, 0.25) is 0 Å².